The zero-order valence-electron chi connectivity index (χ0n) is 23.1. The first-order chi connectivity index (χ1) is 14.7. The van der Waals surface area contributed by atoms with Gasteiger partial charge in [-0.25, -0.2) is 0 Å². The van der Waals surface area contributed by atoms with Gasteiger partial charge in [0.1, 0.15) is 0 Å². The first-order valence-corrected chi connectivity index (χ1v) is 15.0. The summed E-state index contributed by atoms with van der Waals surface area (Å²) in [6, 6.07) is 1.35. The lowest BCUT2D eigenvalue weighted by molar-refractivity contribution is 0.0797. The Kier molecular flexibility index (Phi) is 17.6. The predicted molar refractivity (Wildman–Crippen MR) is 143 cm³/mol. The minimum absolute atomic E-state index is 0.102. The summed E-state index contributed by atoms with van der Waals surface area (Å²) >= 11 is 0. The summed E-state index contributed by atoms with van der Waals surface area (Å²) in [5.74, 6) is 0. The average molecular weight is 458 g/mol. The maximum Gasteiger partial charge on any atom is 0.162 e. The molecule has 188 valence electrons. The van der Waals surface area contributed by atoms with Crippen molar-refractivity contribution in [2.75, 3.05) is 60.4 Å². The highest BCUT2D eigenvalue weighted by Crippen LogP contribution is 2.40. The first-order valence-electron chi connectivity index (χ1n) is 13.4. The van der Waals surface area contributed by atoms with Crippen molar-refractivity contribution in [1.29, 1.82) is 0 Å². The molecule has 0 rings (SSSR count). The third kappa shape index (κ3) is 14.0. The Labute approximate surface area is 199 Å². The lowest BCUT2D eigenvalue weighted by Gasteiger charge is -2.37. The molecular weight excluding hydrogens is 398 g/mol. The zero-order chi connectivity index (χ0) is 23.8. The summed E-state index contributed by atoms with van der Waals surface area (Å²) < 4.78 is 6.64. The SMILES string of the molecule is CCN(C)CCCC(CCCN(C)CC)(CCCN(C)CC)C[SiH2]OC(C)(CC)CC. The molecule has 0 spiro atoms. The van der Waals surface area contributed by atoms with Crippen LogP contribution in [-0.4, -0.2) is 90.5 Å². The molecule has 0 amide bonds. The van der Waals surface area contributed by atoms with Gasteiger partial charge in [-0.2, -0.15) is 0 Å². The molecule has 0 aliphatic carbocycles. The van der Waals surface area contributed by atoms with Crippen LogP contribution >= 0.6 is 0 Å². The minimum Gasteiger partial charge on any atom is -0.419 e. The van der Waals surface area contributed by atoms with Crippen molar-refractivity contribution in [3.63, 3.8) is 0 Å². The summed E-state index contributed by atoms with van der Waals surface area (Å²) in [7, 11) is 6.27. The fraction of sp³-hybridized carbons (Fsp3) is 1.00. The molecule has 0 saturated carbocycles. The van der Waals surface area contributed by atoms with E-state index in [4.69, 9.17) is 4.43 Å². The topological polar surface area (TPSA) is 19.0 Å². The third-order valence-corrected chi connectivity index (χ3v) is 10.1. The average Bonchev–Trinajstić information content (AvgIpc) is 2.78. The molecule has 0 heterocycles. The largest absolute Gasteiger partial charge is 0.419 e. The Morgan fingerprint density at radius 2 is 1.00 bits per heavy atom. The van der Waals surface area contributed by atoms with Crippen LogP contribution in [0.2, 0.25) is 6.04 Å². The molecule has 0 aromatic heterocycles. The molecule has 5 heteroatoms. The molecule has 0 aliphatic heterocycles. The number of rotatable bonds is 21. The van der Waals surface area contributed by atoms with E-state index in [1.54, 1.807) is 0 Å². The van der Waals surface area contributed by atoms with Crippen LogP contribution in [0.3, 0.4) is 0 Å². The van der Waals surface area contributed by atoms with Crippen LogP contribution < -0.4 is 0 Å². The molecule has 0 aliphatic rings. The van der Waals surface area contributed by atoms with Gasteiger partial charge in [-0.05, 0) is 130 Å². The molecule has 0 saturated heterocycles. The Morgan fingerprint density at radius 3 is 1.29 bits per heavy atom. The van der Waals surface area contributed by atoms with Gasteiger partial charge in [-0.15, -0.1) is 0 Å². The quantitative estimate of drug-likeness (QED) is 0.219. The lowest BCUT2D eigenvalue weighted by atomic mass is 9.76. The fourth-order valence-electron chi connectivity index (χ4n) is 4.36. The van der Waals surface area contributed by atoms with Crippen LogP contribution in [0.1, 0.15) is 92.9 Å². The standard InChI is InChI=1S/C26H59N3OSi/c1-10-25(6,11-2)30-31-24-26(18-15-21-27(7)12-3,19-16-22-28(8)13-4)20-17-23-29(9)14-5/h10-24,31H2,1-9H3. The Hall–Kier alpha value is 0.0569. The van der Waals surface area contributed by atoms with Crippen LogP contribution in [0.5, 0.6) is 0 Å². The normalized spacial score (nSPS) is 13.5. The molecular formula is C26H59N3OSi. The maximum absolute atomic E-state index is 6.64. The molecule has 0 aromatic carbocycles. The van der Waals surface area contributed by atoms with Gasteiger partial charge >= 0.3 is 0 Å². The van der Waals surface area contributed by atoms with E-state index in [1.165, 1.54) is 64.2 Å². The molecule has 4 nitrogen and oxygen atoms in total. The third-order valence-electron chi connectivity index (χ3n) is 7.94. The molecule has 0 unspecified atom stereocenters. The molecule has 0 radical (unpaired) electrons. The van der Waals surface area contributed by atoms with Crippen LogP contribution in [0, 0.1) is 5.41 Å². The molecule has 0 aromatic rings. The van der Waals surface area contributed by atoms with Crippen molar-refractivity contribution in [2.45, 2.75) is 105 Å². The van der Waals surface area contributed by atoms with E-state index in [9.17, 15) is 0 Å². The van der Waals surface area contributed by atoms with E-state index >= 15 is 0 Å². The van der Waals surface area contributed by atoms with E-state index in [0.29, 0.717) is 5.41 Å². The lowest BCUT2D eigenvalue weighted by Crippen LogP contribution is -2.33. The summed E-state index contributed by atoms with van der Waals surface area (Å²) in [5.41, 5.74) is 0.581. The highest BCUT2D eigenvalue weighted by atomic mass is 28.2. The second kappa shape index (κ2) is 17.5. The summed E-state index contributed by atoms with van der Waals surface area (Å²) in [4.78, 5) is 7.42. The monoisotopic (exact) mass is 457 g/mol. The van der Waals surface area contributed by atoms with Gasteiger partial charge in [0, 0.05) is 0 Å². The van der Waals surface area contributed by atoms with Gasteiger partial charge in [-0.1, -0.05) is 34.6 Å². The van der Waals surface area contributed by atoms with Gasteiger partial charge in [0.2, 0.25) is 0 Å². The van der Waals surface area contributed by atoms with Crippen molar-refractivity contribution < 1.29 is 4.43 Å². The summed E-state index contributed by atoms with van der Waals surface area (Å²) in [5, 5.41) is 0. The molecule has 31 heavy (non-hydrogen) atoms. The highest BCUT2D eigenvalue weighted by molar-refractivity contribution is 6.27. The predicted octanol–water partition coefficient (Wildman–Crippen LogP) is 5.27. The first kappa shape index (κ1) is 31.1. The molecule has 0 N–H and O–H groups in total. The van der Waals surface area contributed by atoms with E-state index in [2.05, 4.69) is 77.4 Å². The fourth-order valence-corrected chi connectivity index (χ4v) is 6.55. The van der Waals surface area contributed by atoms with Crippen molar-refractivity contribution >= 4 is 9.76 Å². The number of nitrogens with zero attached hydrogens (tertiary/aromatic N) is 3. The van der Waals surface area contributed by atoms with Crippen molar-refractivity contribution in [1.82, 2.24) is 14.7 Å². The minimum atomic E-state index is -0.517. The zero-order valence-corrected chi connectivity index (χ0v) is 24.5. The van der Waals surface area contributed by atoms with Crippen LogP contribution in [0.25, 0.3) is 0 Å². The van der Waals surface area contributed by atoms with E-state index in [-0.39, 0.29) is 5.60 Å². The van der Waals surface area contributed by atoms with Crippen LogP contribution in [-0.2, 0) is 4.43 Å². The number of hydrogen-bond donors (Lipinski definition) is 0. The van der Waals surface area contributed by atoms with Crippen LogP contribution in [0.15, 0.2) is 0 Å². The van der Waals surface area contributed by atoms with Crippen molar-refractivity contribution in [3.8, 4) is 0 Å². The van der Waals surface area contributed by atoms with Crippen LogP contribution in [0.4, 0.5) is 0 Å². The second-order valence-corrected chi connectivity index (χ2v) is 11.5. The Balaban J connectivity index is 5.25. The maximum atomic E-state index is 6.64. The van der Waals surface area contributed by atoms with E-state index < -0.39 is 9.76 Å². The summed E-state index contributed by atoms with van der Waals surface area (Å²) in [6.07, 6.45) is 10.3. The Morgan fingerprint density at radius 1 is 0.645 bits per heavy atom. The van der Waals surface area contributed by atoms with Gasteiger partial charge in [0.25, 0.3) is 0 Å². The molecule has 0 fully saturated rings. The van der Waals surface area contributed by atoms with E-state index in [1.807, 2.05) is 0 Å². The summed E-state index contributed by atoms with van der Waals surface area (Å²) in [6.45, 7) is 20.8. The second-order valence-electron chi connectivity index (χ2n) is 10.3. The molecule has 0 atom stereocenters. The van der Waals surface area contributed by atoms with Gasteiger partial charge < -0.3 is 19.1 Å². The van der Waals surface area contributed by atoms with Crippen molar-refractivity contribution in [3.05, 3.63) is 0 Å². The van der Waals surface area contributed by atoms with E-state index in [0.717, 1.165) is 32.5 Å². The van der Waals surface area contributed by atoms with Gasteiger partial charge in [0.15, 0.2) is 9.76 Å². The van der Waals surface area contributed by atoms with Crippen molar-refractivity contribution in [2.24, 2.45) is 5.41 Å². The highest BCUT2D eigenvalue weighted by Gasteiger charge is 2.31. The smallest absolute Gasteiger partial charge is 0.162 e. The molecule has 0 bridgehead atoms. The number of hydrogen-bond acceptors (Lipinski definition) is 4. The van der Waals surface area contributed by atoms with Gasteiger partial charge in [-0.3, -0.25) is 0 Å². The van der Waals surface area contributed by atoms with Gasteiger partial charge in [0.05, 0.1) is 5.60 Å². The Bertz CT molecular complexity index is 377.